The van der Waals surface area contributed by atoms with Gasteiger partial charge in [-0.15, -0.1) is 13.2 Å². The maximum atomic E-state index is 12.9. The van der Waals surface area contributed by atoms with Crippen molar-refractivity contribution >= 4 is 5.69 Å². The first-order valence-corrected chi connectivity index (χ1v) is 5.86. The summed E-state index contributed by atoms with van der Waals surface area (Å²) < 4.78 is 58.8. The Morgan fingerprint density at radius 3 is 2.29 bits per heavy atom. The molecule has 2 aromatic carbocycles. The molecule has 7 heteroatoms. The summed E-state index contributed by atoms with van der Waals surface area (Å²) in [5.74, 6) is -1.04. The molecule has 0 fully saturated rings. The molecule has 2 aromatic rings. The zero-order valence-corrected chi connectivity index (χ0v) is 10.7. The van der Waals surface area contributed by atoms with Crippen LogP contribution in [0, 0.1) is 5.82 Å². The van der Waals surface area contributed by atoms with E-state index in [0.717, 1.165) is 12.1 Å². The summed E-state index contributed by atoms with van der Waals surface area (Å²) >= 11 is 0. The minimum atomic E-state index is -4.81. The molecule has 0 spiro atoms. The second-order valence-corrected chi connectivity index (χ2v) is 4.13. The lowest BCUT2D eigenvalue weighted by Gasteiger charge is -2.14. The van der Waals surface area contributed by atoms with E-state index in [4.69, 9.17) is 10.5 Å². The van der Waals surface area contributed by atoms with Gasteiger partial charge in [0.2, 0.25) is 0 Å². The largest absolute Gasteiger partial charge is 0.573 e. The summed E-state index contributed by atoms with van der Waals surface area (Å²) in [5, 5.41) is 0. The van der Waals surface area contributed by atoms with E-state index < -0.39 is 17.9 Å². The molecule has 0 heterocycles. The van der Waals surface area contributed by atoms with Crippen molar-refractivity contribution in [2.75, 3.05) is 5.73 Å². The summed E-state index contributed by atoms with van der Waals surface area (Å²) in [6.45, 7) is -0.107. The molecule has 0 saturated heterocycles. The number of rotatable bonds is 4. The van der Waals surface area contributed by atoms with Gasteiger partial charge in [0.15, 0.2) is 11.5 Å². The third kappa shape index (κ3) is 4.27. The van der Waals surface area contributed by atoms with Crippen LogP contribution in [0.5, 0.6) is 11.5 Å². The van der Waals surface area contributed by atoms with E-state index in [1.165, 1.54) is 30.3 Å². The first-order valence-electron chi connectivity index (χ1n) is 5.86. The Bertz CT molecular complexity index is 629. The Labute approximate surface area is 117 Å². The fourth-order valence-corrected chi connectivity index (χ4v) is 1.63. The Morgan fingerprint density at radius 2 is 1.67 bits per heavy atom. The average molecular weight is 301 g/mol. The zero-order chi connectivity index (χ0) is 15.5. The standard InChI is InChI=1S/C14H11F4NO2/c15-10-6-5-9(11(19)7-10)8-20-12-3-1-2-4-13(12)21-14(16,17)18/h1-7H,8,19H2. The minimum Gasteiger partial charge on any atom is -0.485 e. The molecule has 0 aromatic heterocycles. The molecule has 0 aliphatic carbocycles. The van der Waals surface area contributed by atoms with E-state index in [0.29, 0.717) is 5.56 Å². The Hall–Kier alpha value is -2.44. The number of hydrogen-bond donors (Lipinski definition) is 1. The number of hydrogen-bond acceptors (Lipinski definition) is 3. The lowest BCUT2D eigenvalue weighted by Crippen LogP contribution is -2.17. The first kappa shape index (κ1) is 15.0. The molecule has 0 bridgehead atoms. The number of nitrogens with two attached hydrogens (primary N) is 1. The van der Waals surface area contributed by atoms with Gasteiger partial charge in [0.1, 0.15) is 12.4 Å². The summed E-state index contributed by atoms with van der Waals surface area (Å²) in [7, 11) is 0. The molecule has 0 amide bonds. The highest BCUT2D eigenvalue weighted by Gasteiger charge is 2.32. The van der Waals surface area contributed by atoms with Crippen LogP contribution in [0.25, 0.3) is 0 Å². The first-order chi connectivity index (χ1) is 9.85. The number of anilines is 1. The predicted octanol–water partition coefficient (Wildman–Crippen LogP) is 3.89. The molecule has 2 N–H and O–H groups in total. The topological polar surface area (TPSA) is 44.5 Å². The van der Waals surface area contributed by atoms with Crippen molar-refractivity contribution in [2.24, 2.45) is 0 Å². The van der Waals surface area contributed by atoms with Crippen LogP contribution in [0.2, 0.25) is 0 Å². The van der Waals surface area contributed by atoms with Gasteiger partial charge in [0.25, 0.3) is 0 Å². The molecule has 3 nitrogen and oxygen atoms in total. The average Bonchev–Trinajstić information content (AvgIpc) is 2.37. The van der Waals surface area contributed by atoms with Crippen LogP contribution in [-0.2, 0) is 6.61 Å². The van der Waals surface area contributed by atoms with Gasteiger partial charge in [-0.2, -0.15) is 0 Å². The van der Waals surface area contributed by atoms with E-state index in [9.17, 15) is 17.6 Å². The van der Waals surface area contributed by atoms with Gasteiger partial charge in [-0.3, -0.25) is 0 Å². The quantitative estimate of drug-likeness (QED) is 0.688. The second kappa shape index (κ2) is 5.90. The predicted molar refractivity (Wildman–Crippen MR) is 68.3 cm³/mol. The van der Waals surface area contributed by atoms with E-state index >= 15 is 0 Å². The number of nitrogen functional groups attached to an aromatic ring is 1. The third-order valence-corrected chi connectivity index (χ3v) is 2.57. The fraction of sp³-hybridized carbons (Fsp3) is 0.143. The van der Waals surface area contributed by atoms with Crippen molar-refractivity contribution in [3.63, 3.8) is 0 Å². The van der Waals surface area contributed by atoms with Crippen molar-refractivity contribution in [3.8, 4) is 11.5 Å². The van der Waals surface area contributed by atoms with Crippen LogP contribution in [0.3, 0.4) is 0 Å². The number of benzene rings is 2. The molecule has 112 valence electrons. The molecule has 2 rings (SSSR count). The maximum Gasteiger partial charge on any atom is 0.573 e. The highest BCUT2D eigenvalue weighted by molar-refractivity contribution is 5.47. The van der Waals surface area contributed by atoms with E-state index in [-0.39, 0.29) is 18.0 Å². The van der Waals surface area contributed by atoms with Crippen molar-refractivity contribution < 1.29 is 27.0 Å². The van der Waals surface area contributed by atoms with E-state index in [1.807, 2.05) is 0 Å². The normalized spacial score (nSPS) is 11.2. The molecular formula is C14H11F4NO2. The second-order valence-electron chi connectivity index (χ2n) is 4.13. The van der Waals surface area contributed by atoms with Gasteiger partial charge in [-0.05, 0) is 24.3 Å². The van der Waals surface area contributed by atoms with Crippen LogP contribution < -0.4 is 15.2 Å². The minimum absolute atomic E-state index is 0.0847. The van der Waals surface area contributed by atoms with Gasteiger partial charge in [0, 0.05) is 11.3 Å². The molecule has 0 aliphatic rings. The van der Waals surface area contributed by atoms with Gasteiger partial charge in [-0.25, -0.2) is 4.39 Å². The number of para-hydroxylation sites is 2. The van der Waals surface area contributed by atoms with Crippen molar-refractivity contribution in [1.29, 1.82) is 0 Å². The molecule has 21 heavy (non-hydrogen) atoms. The van der Waals surface area contributed by atoms with Gasteiger partial charge in [-0.1, -0.05) is 18.2 Å². The smallest absolute Gasteiger partial charge is 0.485 e. The Kier molecular flexibility index (Phi) is 4.21. The van der Waals surface area contributed by atoms with Crippen LogP contribution in [0.15, 0.2) is 42.5 Å². The Balaban J connectivity index is 2.13. The summed E-state index contributed by atoms with van der Waals surface area (Å²) in [4.78, 5) is 0. The van der Waals surface area contributed by atoms with E-state index in [2.05, 4.69) is 4.74 Å². The van der Waals surface area contributed by atoms with Crippen LogP contribution in [0.1, 0.15) is 5.56 Å². The maximum absolute atomic E-state index is 12.9. The molecular weight excluding hydrogens is 290 g/mol. The SMILES string of the molecule is Nc1cc(F)ccc1COc1ccccc1OC(F)(F)F. The fourth-order valence-electron chi connectivity index (χ4n) is 1.63. The molecule has 0 saturated carbocycles. The molecule has 0 aliphatic heterocycles. The van der Waals surface area contributed by atoms with Crippen molar-refractivity contribution in [1.82, 2.24) is 0 Å². The summed E-state index contributed by atoms with van der Waals surface area (Å²) in [6, 6.07) is 9.06. The zero-order valence-electron chi connectivity index (χ0n) is 10.7. The lowest BCUT2D eigenvalue weighted by molar-refractivity contribution is -0.275. The van der Waals surface area contributed by atoms with Gasteiger partial charge in [0.05, 0.1) is 0 Å². The van der Waals surface area contributed by atoms with Gasteiger partial charge < -0.3 is 15.2 Å². The monoisotopic (exact) mass is 301 g/mol. The Morgan fingerprint density at radius 1 is 1.00 bits per heavy atom. The van der Waals surface area contributed by atoms with Crippen molar-refractivity contribution in [3.05, 3.63) is 53.8 Å². The van der Waals surface area contributed by atoms with Crippen LogP contribution in [-0.4, -0.2) is 6.36 Å². The molecule has 0 unspecified atom stereocenters. The van der Waals surface area contributed by atoms with Crippen molar-refractivity contribution in [2.45, 2.75) is 13.0 Å². The molecule has 0 atom stereocenters. The number of alkyl halides is 3. The lowest BCUT2D eigenvalue weighted by atomic mass is 10.2. The highest BCUT2D eigenvalue weighted by Crippen LogP contribution is 2.32. The number of halogens is 4. The summed E-state index contributed by atoms with van der Waals surface area (Å²) in [6.07, 6.45) is -4.81. The van der Waals surface area contributed by atoms with E-state index in [1.54, 1.807) is 0 Å². The van der Waals surface area contributed by atoms with Crippen LogP contribution >= 0.6 is 0 Å². The third-order valence-electron chi connectivity index (χ3n) is 2.57. The van der Waals surface area contributed by atoms with Crippen LogP contribution in [0.4, 0.5) is 23.2 Å². The highest BCUT2D eigenvalue weighted by atomic mass is 19.4. The molecule has 0 radical (unpaired) electrons. The van der Waals surface area contributed by atoms with Gasteiger partial charge >= 0.3 is 6.36 Å². The number of ether oxygens (including phenoxy) is 2. The summed E-state index contributed by atoms with van der Waals surface area (Å²) in [5.41, 5.74) is 6.21.